The van der Waals surface area contributed by atoms with Crippen molar-refractivity contribution in [3.63, 3.8) is 0 Å². The Hall–Kier alpha value is -1.33. The van der Waals surface area contributed by atoms with Gasteiger partial charge in [0.2, 0.25) is 5.89 Å². The predicted molar refractivity (Wildman–Crippen MR) is 71.7 cm³/mol. The molecule has 2 aromatic rings. The summed E-state index contributed by atoms with van der Waals surface area (Å²) < 4.78 is 18.2. The fourth-order valence-corrected chi connectivity index (χ4v) is 2.28. The lowest BCUT2D eigenvalue weighted by molar-refractivity contribution is 0.573. The molecule has 2 rings (SSSR count). The number of hydrogen-bond acceptors (Lipinski definition) is 4. The summed E-state index contributed by atoms with van der Waals surface area (Å²) in [5.74, 6) is 1.91. The van der Waals surface area contributed by atoms with Crippen LogP contribution in [0.4, 0.5) is 4.39 Å². The van der Waals surface area contributed by atoms with Gasteiger partial charge in [0, 0.05) is 23.1 Å². The average Bonchev–Trinajstić information content (AvgIpc) is 2.78. The maximum absolute atomic E-state index is 12.8. The highest BCUT2D eigenvalue weighted by Gasteiger charge is 2.07. The van der Waals surface area contributed by atoms with Crippen molar-refractivity contribution in [2.24, 2.45) is 5.73 Å². The minimum Gasteiger partial charge on any atom is -0.444 e. The Morgan fingerprint density at radius 1 is 1.39 bits per heavy atom. The van der Waals surface area contributed by atoms with E-state index in [0.717, 1.165) is 22.8 Å². The van der Waals surface area contributed by atoms with Crippen LogP contribution in [-0.4, -0.2) is 16.8 Å². The number of hydrogen-bond donors (Lipinski definition) is 1. The molecule has 1 heterocycles. The topological polar surface area (TPSA) is 52.0 Å². The third-order valence-electron chi connectivity index (χ3n) is 2.27. The van der Waals surface area contributed by atoms with Crippen LogP contribution in [0.15, 0.2) is 34.9 Å². The Bertz CT molecular complexity index is 496. The van der Waals surface area contributed by atoms with Crippen molar-refractivity contribution in [2.75, 3.05) is 5.75 Å². The minimum atomic E-state index is -0.266. The predicted octanol–water partition coefficient (Wildman–Crippen LogP) is 3.06. The van der Waals surface area contributed by atoms with Crippen molar-refractivity contribution in [2.45, 2.75) is 18.7 Å². The fourth-order valence-electron chi connectivity index (χ4n) is 1.45. The third kappa shape index (κ3) is 3.58. The Kier molecular flexibility index (Phi) is 4.38. The van der Waals surface area contributed by atoms with Crippen LogP contribution in [0.2, 0.25) is 0 Å². The molecule has 18 heavy (non-hydrogen) atoms. The van der Waals surface area contributed by atoms with Crippen molar-refractivity contribution < 1.29 is 8.81 Å². The van der Waals surface area contributed by atoms with E-state index in [2.05, 4.69) is 4.98 Å². The van der Waals surface area contributed by atoms with Gasteiger partial charge in [-0.3, -0.25) is 0 Å². The lowest BCUT2D eigenvalue weighted by Gasteiger charge is -2.01. The van der Waals surface area contributed by atoms with Crippen molar-refractivity contribution in [1.82, 2.24) is 4.98 Å². The monoisotopic (exact) mass is 266 g/mol. The number of rotatable bonds is 5. The number of thioether (sulfide) groups is 1. The highest BCUT2D eigenvalue weighted by Crippen LogP contribution is 2.21. The lowest BCUT2D eigenvalue weighted by atomic mass is 10.2. The molecule has 0 saturated heterocycles. The second kappa shape index (κ2) is 6.02. The van der Waals surface area contributed by atoms with Gasteiger partial charge in [0.05, 0.1) is 5.69 Å². The summed E-state index contributed by atoms with van der Waals surface area (Å²) >= 11 is 1.72. The quantitative estimate of drug-likeness (QED) is 0.903. The first-order chi connectivity index (χ1) is 8.65. The molecule has 2 N–H and O–H groups in total. The molecule has 0 saturated carbocycles. The van der Waals surface area contributed by atoms with Crippen LogP contribution in [0.3, 0.4) is 0 Å². The fraction of sp³-hybridized carbons (Fsp3) is 0.308. The van der Waals surface area contributed by atoms with Crippen molar-refractivity contribution in [3.05, 3.63) is 42.0 Å². The summed E-state index contributed by atoms with van der Waals surface area (Å²) in [5.41, 5.74) is 7.32. The Labute approximate surface area is 110 Å². The molecule has 0 aliphatic carbocycles. The van der Waals surface area contributed by atoms with E-state index in [4.69, 9.17) is 10.2 Å². The number of nitrogens with zero attached hydrogens (tertiary/aromatic N) is 1. The van der Waals surface area contributed by atoms with Crippen molar-refractivity contribution in [1.29, 1.82) is 0 Å². The summed E-state index contributed by atoms with van der Waals surface area (Å²) in [6.07, 6.45) is 1.63. The molecular weight excluding hydrogens is 251 g/mol. The molecule has 0 aliphatic rings. The second-order valence-corrected chi connectivity index (χ2v) is 5.17. The standard InChI is InChI=1S/C13H15FN2OS/c1-9(15)7-18-8-12-6-17-13(16-12)10-2-4-11(14)5-3-10/h2-6,9H,7-8,15H2,1H3. The molecular formula is C13H15FN2OS. The molecule has 3 nitrogen and oxygen atoms in total. The molecule has 5 heteroatoms. The van der Waals surface area contributed by atoms with Gasteiger partial charge in [0.15, 0.2) is 0 Å². The molecule has 0 aliphatic heterocycles. The van der Waals surface area contributed by atoms with E-state index >= 15 is 0 Å². The summed E-state index contributed by atoms with van der Waals surface area (Å²) in [6.45, 7) is 1.97. The number of benzene rings is 1. The number of aromatic nitrogens is 1. The van der Waals surface area contributed by atoms with Gasteiger partial charge in [-0.2, -0.15) is 11.8 Å². The van der Waals surface area contributed by atoms with Crippen LogP contribution in [0, 0.1) is 5.82 Å². The van der Waals surface area contributed by atoms with E-state index in [0.29, 0.717) is 5.89 Å². The number of nitrogens with two attached hydrogens (primary N) is 1. The minimum absolute atomic E-state index is 0.179. The SMILES string of the molecule is CC(N)CSCc1coc(-c2ccc(F)cc2)n1. The van der Waals surface area contributed by atoms with Crippen LogP contribution < -0.4 is 5.73 Å². The summed E-state index contributed by atoms with van der Waals surface area (Å²) in [5, 5.41) is 0. The highest BCUT2D eigenvalue weighted by atomic mass is 32.2. The van der Waals surface area contributed by atoms with E-state index < -0.39 is 0 Å². The Balaban J connectivity index is 1.99. The summed E-state index contributed by atoms with van der Waals surface area (Å²) in [7, 11) is 0. The summed E-state index contributed by atoms with van der Waals surface area (Å²) in [4.78, 5) is 4.36. The molecule has 0 fully saturated rings. The first-order valence-electron chi connectivity index (χ1n) is 5.69. The molecule has 0 amide bonds. The van der Waals surface area contributed by atoms with Crippen LogP contribution in [-0.2, 0) is 5.75 Å². The van der Waals surface area contributed by atoms with E-state index in [9.17, 15) is 4.39 Å². The average molecular weight is 266 g/mol. The molecule has 1 aromatic carbocycles. The molecule has 0 spiro atoms. The Morgan fingerprint density at radius 2 is 2.11 bits per heavy atom. The van der Waals surface area contributed by atoms with Gasteiger partial charge in [-0.25, -0.2) is 9.37 Å². The van der Waals surface area contributed by atoms with Gasteiger partial charge in [-0.15, -0.1) is 0 Å². The number of oxazole rings is 1. The molecule has 1 atom stereocenters. The maximum Gasteiger partial charge on any atom is 0.226 e. The van der Waals surface area contributed by atoms with Gasteiger partial charge >= 0.3 is 0 Å². The first-order valence-corrected chi connectivity index (χ1v) is 6.84. The van der Waals surface area contributed by atoms with Gasteiger partial charge in [-0.05, 0) is 31.2 Å². The van der Waals surface area contributed by atoms with Crippen LogP contribution in [0.25, 0.3) is 11.5 Å². The smallest absolute Gasteiger partial charge is 0.226 e. The van der Waals surface area contributed by atoms with Crippen LogP contribution >= 0.6 is 11.8 Å². The second-order valence-electron chi connectivity index (χ2n) is 4.14. The van der Waals surface area contributed by atoms with Crippen molar-refractivity contribution >= 4 is 11.8 Å². The largest absolute Gasteiger partial charge is 0.444 e. The maximum atomic E-state index is 12.8. The summed E-state index contributed by atoms with van der Waals surface area (Å²) in [6, 6.07) is 6.27. The van der Waals surface area contributed by atoms with Gasteiger partial charge in [0.1, 0.15) is 12.1 Å². The van der Waals surface area contributed by atoms with Crippen LogP contribution in [0.5, 0.6) is 0 Å². The molecule has 0 radical (unpaired) electrons. The van der Waals surface area contributed by atoms with Gasteiger partial charge in [0.25, 0.3) is 0 Å². The first kappa shape index (κ1) is 13.1. The normalized spacial score (nSPS) is 12.6. The molecule has 1 unspecified atom stereocenters. The number of halogens is 1. The van der Waals surface area contributed by atoms with E-state index in [1.165, 1.54) is 12.1 Å². The zero-order valence-corrected chi connectivity index (χ0v) is 10.9. The molecule has 96 valence electrons. The van der Waals surface area contributed by atoms with Gasteiger partial charge in [-0.1, -0.05) is 0 Å². The van der Waals surface area contributed by atoms with E-state index in [1.807, 2.05) is 6.92 Å². The van der Waals surface area contributed by atoms with Gasteiger partial charge < -0.3 is 10.2 Å². The molecule has 1 aromatic heterocycles. The van der Waals surface area contributed by atoms with Crippen molar-refractivity contribution in [3.8, 4) is 11.5 Å². The Morgan fingerprint density at radius 3 is 2.78 bits per heavy atom. The lowest BCUT2D eigenvalue weighted by Crippen LogP contribution is -2.17. The van der Waals surface area contributed by atoms with Crippen LogP contribution in [0.1, 0.15) is 12.6 Å². The zero-order chi connectivity index (χ0) is 13.0. The van der Waals surface area contributed by atoms with E-state index in [-0.39, 0.29) is 11.9 Å². The third-order valence-corrected chi connectivity index (χ3v) is 3.53. The highest BCUT2D eigenvalue weighted by molar-refractivity contribution is 7.98. The van der Waals surface area contributed by atoms with E-state index in [1.54, 1.807) is 30.2 Å². The molecule has 0 bridgehead atoms. The zero-order valence-electron chi connectivity index (χ0n) is 10.1.